The van der Waals surface area contributed by atoms with Crippen LogP contribution in [0.1, 0.15) is 23.3 Å². The van der Waals surface area contributed by atoms with Crippen LogP contribution in [0.5, 0.6) is 0 Å². The zero-order chi connectivity index (χ0) is 19.1. The van der Waals surface area contributed by atoms with E-state index in [-0.39, 0.29) is 12.6 Å². The summed E-state index contributed by atoms with van der Waals surface area (Å²) < 4.78 is 29.1. The molecule has 0 spiro atoms. The van der Waals surface area contributed by atoms with E-state index < -0.39 is 16.0 Å². The monoisotopic (exact) mass is 396 g/mol. The van der Waals surface area contributed by atoms with Gasteiger partial charge in [0.2, 0.25) is 10.0 Å². The van der Waals surface area contributed by atoms with Gasteiger partial charge in [-0.2, -0.15) is 4.31 Å². The molecule has 2 heterocycles. The number of nitrogens with zero attached hydrogens (tertiary/aromatic N) is 2. The second kappa shape index (κ2) is 7.26. The number of sulfonamides is 1. The first-order valence-corrected chi connectivity index (χ1v) is 10.9. The lowest BCUT2D eigenvalue weighted by molar-refractivity contribution is -0.138. The third-order valence-corrected chi connectivity index (χ3v) is 8.53. The van der Waals surface area contributed by atoms with Gasteiger partial charge in [0, 0.05) is 34.1 Å². The Morgan fingerprint density at radius 1 is 1.31 bits per heavy atom. The minimum absolute atomic E-state index is 0.0228. The molecule has 3 rings (SSSR count). The number of likely N-dealkylation sites (N-methyl/N-ethyl adjacent to an activating group) is 1. The van der Waals surface area contributed by atoms with E-state index >= 15 is 0 Å². The average Bonchev–Trinajstić information content (AvgIpc) is 2.92. The van der Waals surface area contributed by atoms with Crippen LogP contribution in [-0.4, -0.2) is 61.4 Å². The van der Waals surface area contributed by atoms with Gasteiger partial charge in [-0.25, -0.2) is 8.42 Å². The van der Waals surface area contributed by atoms with Gasteiger partial charge in [0.1, 0.15) is 4.90 Å². The van der Waals surface area contributed by atoms with E-state index in [0.717, 1.165) is 20.5 Å². The predicted octanol–water partition coefficient (Wildman–Crippen LogP) is 2.69. The molecule has 1 fully saturated rings. The van der Waals surface area contributed by atoms with E-state index in [9.17, 15) is 13.2 Å². The van der Waals surface area contributed by atoms with E-state index in [2.05, 4.69) is 0 Å². The molecule has 8 heteroatoms. The Kier molecular flexibility index (Phi) is 5.39. The number of rotatable bonds is 5. The number of benzene rings is 1. The van der Waals surface area contributed by atoms with E-state index in [1.807, 2.05) is 32.0 Å². The molecule has 0 amide bonds. The van der Waals surface area contributed by atoms with Crippen molar-refractivity contribution in [2.24, 2.45) is 0 Å². The molecule has 0 unspecified atom stereocenters. The molecule has 6 nitrogen and oxygen atoms in total. The summed E-state index contributed by atoms with van der Waals surface area (Å²) >= 11 is 1.53. The van der Waals surface area contributed by atoms with Crippen LogP contribution in [0.4, 0.5) is 0 Å². The van der Waals surface area contributed by atoms with Crippen molar-refractivity contribution in [3.05, 3.63) is 28.6 Å². The molecule has 1 aliphatic heterocycles. The Morgan fingerprint density at radius 3 is 2.58 bits per heavy atom. The molecule has 1 aromatic carbocycles. The van der Waals surface area contributed by atoms with Crippen molar-refractivity contribution >= 4 is 37.4 Å². The molecule has 142 valence electrons. The fourth-order valence-corrected chi connectivity index (χ4v) is 6.96. The van der Waals surface area contributed by atoms with Crippen LogP contribution in [0.3, 0.4) is 0 Å². The number of carboxylic acid groups (broad SMARTS) is 1. The molecule has 0 aliphatic carbocycles. The SMILES string of the molecule is Cc1sc2c(C)cccc2c1S(=O)(=O)N1CCC(N(C)CC(=O)O)CC1. The summed E-state index contributed by atoms with van der Waals surface area (Å²) in [6.07, 6.45) is 1.28. The molecule has 0 saturated carbocycles. The van der Waals surface area contributed by atoms with E-state index in [0.29, 0.717) is 30.8 Å². The number of piperidine rings is 1. The van der Waals surface area contributed by atoms with Crippen LogP contribution in [0.25, 0.3) is 10.1 Å². The summed E-state index contributed by atoms with van der Waals surface area (Å²) in [4.78, 5) is 13.9. The number of aliphatic carboxylic acids is 1. The highest BCUT2D eigenvalue weighted by atomic mass is 32.2. The van der Waals surface area contributed by atoms with Gasteiger partial charge in [0.05, 0.1) is 6.54 Å². The van der Waals surface area contributed by atoms with Crippen LogP contribution < -0.4 is 0 Å². The summed E-state index contributed by atoms with van der Waals surface area (Å²) in [7, 11) is -1.78. The van der Waals surface area contributed by atoms with Crippen molar-refractivity contribution in [2.45, 2.75) is 37.6 Å². The lowest BCUT2D eigenvalue weighted by Crippen LogP contribution is -2.46. The standard InChI is InChI=1S/C18H24N2O4S2/c1-12-5-4-6-15-17(12)25-13(2)18(15)26(23,24)20-9-7-14(8-10-20)19(3)11-16(21)22/h4-6,14H,7-11H2,1-3H3,(H,21,22). The van der Waals surface area contributed by atoms with Gasteiger partial charge in [0.25, 0.3) is 0 Å². The van der Waals surface area contributed by atoms with Crippen LogP contribution in [0.2, 0.25) is 0 Å². The predicted molar refractivity (Wildman–Crippen MR) is 103 cm³/mol. The Balaban J connectivity index is 1.84. The lowest BCUT2D eigenvalue weighted by Gasteiger charge is -2.35. The molecule has 0 atom stereocenters. The molecule has 1 saturated heterocycles. The van der Waals surface area contributed by atoms with E-state index in [1.165, 1.54) is 11.3 Å². The molecular weight excluding hydrogens is 372 g/mol. The molecule has 1 N–H and O–H groups in total. The molecule has 1 aromatic heterocycles. The van der Waals surface area contributed by atoms with E-state index in [4.69, 9.17) is 5.11 Å². The average molecular weight is 397 g/mol. The second-order valence-electron chi connectivity index (χ2n) is 6.88. The topological polar surface area (TPSA) is 77.9 Å². The van der Waals surface area contributed by atoms with Crippen molar-refractivity contribution in [2.75, 3.05) is 26.7 Å². The summed E-state index contributed by atoms with van der Waals surface area (Å²) in [6.45, 7) is 4.67. The highest BCUT2D eigenvalue weighted by molar-refractivity contribution is 7.89. The van der Waals surface area contributed by atoms with Gasteiger partial charge in [-0.3, -0.25) is 9.69 Å². The van der Waals surface area contributed by atoms with Crippen molar-refractivity contribution < 1.29 is 18.3 Å². The van der Waals surface area contributed by atoms with Gasteiger partial charge in [-0.1, -0.05) is 18.2 Å². The Hall–Kier alpha value is -1.48. The zero-order valence-corrected chi connectivity index (χ0v) is 16.9. The number of fused-ring (bicyclic) bond motifs is 1. The fourth-order valence-electron chi connectivity index (χ4n) is 3.67. The second-order valence-corrected chi connectivity index (χ2v) is 9.98. The molecule has 1 aliphatic rings. The Bertz CT molecular complexity index is 928. The number of carbonyl (C=O) groups is 1. The first kappa shape index (κ1) is 19.3. The van der Waals surface area contributed by atoms with Crippen LogP contribution in [0.15, 0.2) is 23.1 Å². The van der Waals surface area contributed by atoms with Gasteiger partial charge >= 0.3 is 5.97 Å². The fraction of sp³-hybridized carbons (Fsp3) is 0.500. The van der Waals surface area contributed by atoms with Gasteiger partial charge < -0.3 is 5.11 Å². The third kappa shape index (κ3) is 3.51. The highest BCUT2D eigenvalue weighted by Gasteiger charge is 2.34. The summed E-state index contributed by atoms with van der Waals surface area (Å²) in [5, 5.41) is 9.73. The maximum absolute atomic E-state index is 13.3. The molecule has 2 aromatic rings. The molecule has 26 heavy (non-hydrogen) atoms. The van der Waals surface area contributed by atoms with Crippen molar-refractivity contribution in [1.29, 1.82) is 0 Å². The lowest BCUT2D eigenvalue weighted by atomic mass is 10.1. The Morgan fingerprint density at radius 2 is 1.96 bits per heavy atom. The number of hydrogen-bond donors (Lipinski definition) is 1. The summed E-state index contributed by atoms with van der Waals surface area (Å²) in [5.74, 6) is -0.863. The zero-order valence-electron chi connectivity index (χ0n) is 15.2. The molecule has 0 radical (unpaired) electrons. The van der Waals surface area contributed by atoms with E-state index in [1.54, 1.807) is 16.3 Å². The molecule has 0 bridgehead atoms. The Labute approximate surface area is 158 Å². The minimum Gasteiger partial charge on any atom is -0.480 e. The number of thiophene rings is 1. The summed E-state index contributed by atoms with van der Waals surface area (Å²) in [5.41, 5.74) is 1.09. The minimum atomic E-state index is -3.56. The number of carboxylic acids is 1. The van der Waals surface area contributed by atoms with Gasteiger partial charge in [-0.15, -0.1) is 11.3 Å². The number of aryl methyl sites for hydroxylation is 2. The summed E-state index contributed by atoms with van der Waals surface area (Å²) in [6, 6.07) is 5.88. The van der Waals surface area contributed by atoms with Crippen LogP contribution >= 0.6 is 11.3 Å². The quantitative estimate of drug-likeness (QED) is 0.841. The molecular formula is C18H24N2O4S2. The van der Waals surface area contributed by atoms with Crippen LogP contribution in [-0.2, 0) is 14.8 Å². The first-order valence-electron chi connectivity index (χ1n) is 8.62. The third-order valence-electron chi connectivity index (χ3n) is 5.06. The van der Waals surface area contributed by atoms with Crippen molar-refractivity contribution in [1.82, 2.24) is 9.21 Å². The van der Waals surface area contributed by atoms with Crippen LogP contribution in [0, 0.1) is 13.8 Å². The first-order chi connectivity index (χ1) is 12.2. The van der Waals surface area contributed by atoms with Gasteiger partial charge in [-0.05, 0) is 39.3 Å². The smallest absolute Gasteiger partial charge is 0.317 e. The van der Waals surface area contributed by atoms with Crippen molar-refractivity contribution in [3.8, 4) is 0 Å². The largest absolute Gasteiger partial charge is 0.480 e. The maximum atomic E-state index is 13.3. The highest BCUT2D eigenvalue weighted by Crippen LogP contribution is 2.38. The van der Waals surface area contributed by atoms with Gasteiger partial charge in [0.15, 0.2) is 0 Å². The number of hydrogen-bond acceptors (Lipinski definition) is 5. The maximum Gasteiger partial charge on any atom is 0.317 e. The normalized spacial score (nSPS) is 17.2. The van der Waals surface area contributed by atoms with Crippen molar-refractivity contribution in [3.63, 3.8) is 0 Å².